The third kappa shape index (κ3) is 2.08. The van der Waals surface area contributed by atoms with E-state index in [4.69, 9.17) is 10.3 Å². The van der Waals surface area contributed by atoms with Gasteiger partial charge in [-0.1, -0.05) is 5.11 Å². The van der Waals surface area contributed by atoms with Crippen LogP contribution < -0.4 is 0 Å². The molecular formula is C6H11N3O2. The van der Waals surface area contributed by atoms with E-state index in [0.717, 1.165) is 0 Å². The molecule has 1 aliphatic rings. The lowest BCUT2D eigenvalue weighted by molar-refractivity contribution is 0.0224. The molecule has 0 aliphatic carbocycles. The van der Waals surface area contributed by atoms with Gasteiger partial charge < -0.3 is 9.84 Å². The third-order valence-corrected chi connectivity index (χ3v) is 1.73. The van der Waals surface area contributed by atoms with Crippen LogP contribution in [0.1, 0.15) is 13.3 Å². The van der Waals surface area contributed by atoms with Crippen molar-refractivity contribution in [2.45, 2.75) is 31.7 Å². The van der Waals surface area contributed by atoms with Gasteiger partial charge in [0.15, 0.2) is 0 Å². The summed E-state index contributed by atoms with van der Waals surface area (Å²) >= 11 is 0. The Labute approximate surface area is 64.6 Å². The molecule has 0 aromatic carbocycles. The molecule has 11 heavy (non-hydrogen) atoms. The Morgan fingerprint density at radius 1 is 1.82 bits per heavy atom. The van der Waals surface area contributed by atoms with Gasteiger partial charge in [-0.25, -0.2) is 0 Å². The molecule has 1 fully saturated rings. The van der Waals surface area contributed by atoms with Crippen LogP contribution in [0.3, 0.4) is 0 Å². The van der Waals surface area contributed by atoms with Gasteiger partial charge in [-0.05, 0) is 12.5 Å². The van der Waals surface area contributed by atoms with Gasteiger partial charge in [0.25, 0.3) is 0 Å². The van der Waals surface area contributed by atoms with Crippen molar-refractivity contribution >= 4 is 0 Å². The lowest BCUT2D eigenvalue weighted by atomic mass is 10.1. The molecule has 1 N–H and O–H groups in total. The van der Waals surface area contributed by atoms with Crippen molar-refractivity contribution in [3.05, 3.63) is 10.4 Å². The van der Waals surface area contributed by atoms with Crippen LogP contribution in [0.15, 0.2) is 5.11 Å². The number of nitrogens with zero attached hydrogens (tertiary/aromatic N) is 3. The lowest BCUT2D eigenvalue weighted by Crippen LogP contribution is -2.23. The maximum absolute atomic E-state index is 9.28. The quantitative estimate of drug-likeness (QED) is 0.366. The monoisotopic (exact) mass is 157 g/mol. The summed E-state index contributed by atoms with van der Waals surface area (Å²) in [7, 11) is 0. The van der Waals surface area contributed by atoms with Crippen LogP contribution in [0, 0.1) is 0 Å². The van der Waals surface area contributed by atoms with Crippen molar-refractivity contribution in [1.82, 2.24) is 0 Å². The summed E-state index contributed by atoms with van der Waals surface area (Å²) in [5.74, 6) is 0. The molecule has 1 rings (SSSR count). The highest BCUT2D eigenvalue weighted by atomic mass is 16.5. The topological polar surface area (TPSA) is 78.2 Å². The first-order valence-electron chi connectivity index (χ1n) is 3.58. The first-order valence-corrected chi connectivity index (χ1v) is 3.58. The smallest absolute Gasteiger partial charge is 0.0894 e. The van der Waals surface area contributed by atoms with Crippen LogP contribution in [0.4, 0.5) is 0 Å². The summed E-state index contributed by atoms with van der Waals surface area (Å²) in [5, 5.41) is 12.6. The van der Waals surface area contributed by atoms with E-state index in [9.17, 15) is 5.11 Å². The molecule has 1 heterocycles. The zero-order valence-corrected chi connectivity index (χ0v) is 6.34. The van der Waals surface area contributed by atoms with Gasteiger partial charge in [-0.3, -0.25) is 0 Å². The van der Waals surface area contributed by atoms with Crippen molar-refractivity contribution in [1.29, 1.82) is 0 Å². The molecule has 0 unspecified atom stereocenters. The van der Waals surface area contributed by atoms with Crippen LogP contribution in [-0.2, 0) is 4.74 Å². The standard InChI is InChI=1S/C6H11N3O2/c1-4-2-5(10)6(11-4)3-8-9-7/h4-6,10H,2-3H2,1H3/t4-,5+,6+/m0/s1. The van der Waals surface area contributed by atoms with Crippen LogP contribution in [0.25, 0.3) is 10.4 Å². The summed E-state index contributed by atoms with van der Waals surface area (Å²) in [4.78, 5) is 2.59. The Bertz CT molecular complexity index is 179. The second-order valence-corrected chi connectivity index (χ2v) is 2.70. The number of rotatable bonds is 2. The van der Waals surface area contributed by atoms with Crippen molar-refractivity contribution in [2.24, 2.45) is 5.11 Å². The first-order chi connectivity index (χ1) is 5.24. The molecule has 0 saturated carbocycles. The number of aliphatic hydroxyl groups is 1. The number of azide groups is 1. The molecule has 0 radical (unpaired) electrons. The van der Waals surface area contributed by atoms with Gasteiger partial charge in [0.1, 0.15) is 0 Å². The molecule has 5 nitrogen and oxygen atoms in total. The van der Waals surface area contributed by atoms with Crippen LogP contribution in [0.5, 0.6) is 0 Å². The molecular weight excluding hydrogens is 146 g/mol. The summed E-state index contributed by atoms with van der Waals surface area (Å²) in [5.41, 5.74) is 8.00. The minimum atomic E-state index is -0.476. The first kappa shape index (κ1) is 8.33. The maximum atomic E-state index is 9.28. The van der Waals surface area contributed by atoms with Gasteiger partial charge in [0.2, 0.25) is 0 Å². The van der Waals surface area contributed by atoms with Crippen molar-refractivity contribution in [3.8, 4) is 0 Å². The zero-order valence-electron chi connectivity index (χ0n) is 6.34. The van der Waals surface area contributed by atoms with E-state index < -0.39 is 6.10 Å². The molecule has 1 aliphatic heterocycles. The van der Waals surface area contributed by atoms with E-state index in [-0.39, 0.29) is 18.8 Å². The van der Waals surface area contributed by atoms with E-state index in [0.29, 0.717) is 6.42 Å². The minimum absolute atomic E-state index is 0.0730. The highest BCUT2D eigenvalue weighted by Gasteiger charge is 2.30. The molecule has 1 saturated heterocycles. The summed E-state index contributed by atoms with van der Waals surface area (Å²) in [6.07, 6.45) is -0.0775. The van der Waals surface area contributed by atoms with Gasteiger partial charge >= 0.3 is 0 Å². The highest BCUT2D eigenvalue weighted by Crippen LogP contribution is 2.19. The molecule has 5 heteroatoms. The van der Waals surface area contributed by atoms with Crippen molar-refractivity contribution < 1.29 is 9.84 Å². The SMILES string of the molecule is C[C@H]1C[C@@H](O)[C@@H](CN=[N+]=[N-])O1. The van der Waals surface area contributed by atoms with Crippen molar-refractivity contribution in [3.63, 3.8) is 0 Å². The number of hydrogen-bond donors (Lipinski definition) is 1. The van der Waals surface area contributed by atoms with E-state index in [1.807, 2.05) is 6.92 Å². The molecule has 0 spiro atoms. The molecule has 0 aromatic rings. The van der Waals surface area contributed by atoms with Crippen molar-refractivity contribution in [2.75, 3.05) is 6.54 Å². The van der Waals surface area contributed by atoms with Crippen LogP contribution in [-0.4, -0.2) is 30.0 Å². The number of aliphatic hydroxyl groups excluding tert-OH is 1. The Morgan fingerprint density at radius 2 is 2.55 bits per heavy atom. The molecule has 3 atom stereocenters. The average Bonchev–Trinajstić information content (AvgIpc) is 2.26. The maximum Gasteiger partial charge on any atom is 0.0894 e. The fourth-order valence-electron chi connectivity index (χ4n) is 1.22. The molecule has 0 aromatic heterocycles. The Balaban J connectivity index is 2.40. The normalized spacial score (nSPS) is 36.7. The second-order valence-electron chi connectivity index (χ2n) is 2.70. The molecule has 0 amide bonds. The number of hydrogen-bond acceptors (Lipinski definition) is 3. The lowest BCUT2D eigenvalue weighted by Gasteiger charge is -2.09. The highest BCUT2D eigenvalue weighted by molar-refractivity contribution is 4.81. The molecule has 62 valence electrons. The second kappa shape index (κ2) is 3.57. The van der Waals surface area contributed by atoms with E-state index in [1.54, 1.807) is 0 Å². The Hall–Kier alpha value is -0.770. The minimum Gasteiger partial charge on any atom is -0.390 e. The summed E-state index contributed by atoms with van der Waals surface area (Å²) in [6, 6.07) is 0. The predicted octanol–water partition coefficient (Wildman–Crippen LogP) is 0.835. The fraction of sp³-hybridized carbons (Fsp3) is 1.00. The summed E-state index contributed by atoms with van der Waals surface area (Å²) in [6.45, 7) is 2.11. The van der Waals surface area contributed by atoms with Gasteiger partial charge in [-0.15, -0.1) is 0 Å². The van der Waals surface area contributed by atoms with Crippen LogP contribution in [0.2, 0.25) is 0 Å². The predicted molar refractivity (Wildman–Crippen MR) is 39.0 cm³/mol. The van der Waals surface area contributed by atoms with E-state index >= 15 is 0 Å². The molecule has 0 bridgehead atoms. The van der Waals surface area contributed by atoms with E-state index in [1.165, 1.54) is 0 Å². The summed E-state index contributed by atoms with van der Waals surface area (Å²) < 4.78 is 5.26. The largest absolute Gasteiger partial charge is 0.390 e. The Kier molecular flexibility index (Phi) is 2.70. The Morgan fingerprint density at radius 3 is 3.00 bits per heavy atom. The van der Waals surface area contributed by atoms with Gasteiger partial charge in [0.05, 0.1) is 24.9 Å². The van der Waals surface area contributed by atoms with Crippen LogP contribution >= 0.6 is 0 Å². The fourth-order valence-corrected chi connectivity index (χ4v) is 1.22. The third-order valence-electron chi connectivity index (χ3n) is 1.73. The van der Waals surface area contributed by atoms with Gasteiger partial charge in [0, 0.05) is 11.3 Å². The van der Waals surface area contributed by atoms with Gasteiger partial charge in [-0.2, -0.15) is 0 Å². The number of ether oxygens (including phenoxy) is 1. The zero-order chi connectivity index (χ0) is 8.27. The average molecular weight is 157 g/mol. The van der Waals surface area contributed by atoms with E-state index in [2.05, 4.69) is 10.0 Å².